The summed E-state index contributed by atoms with van der Waals surface area (Å²) in [4.78, 5) is 17.9. The topological polar surface area (TPSA) is 68.0 Å². The summed E-state index contributed by atoms with van der Waals surface area (Å²) in [5, 5.41) is 5.60. The monoisotopic (exact) mass is 475 g/mol. The summed E-state index contributed by atoms with van der Waals surface area (Å²) in [6.45, 7) is 4.99. The average molecular weight is 476 g/mol. The Balaban J connectivity index is 1.59. The van der Waals surface area contributed by atoms with Crippen molar-refractivity contribution in [1.29, 1.82) is 0 Å². The fourth-order valence-corrected chi connectivity index (χ4v) is 5.54. The zero-order valence-corrected chi connectivity index (χ0v) is 20.9. The van der Waals surface area contributed by atoms with Gasteiger partial charge in [0.2, 0.25) is 0 Å². The fourth-order valence-electron chi connectivity index (χ4n) is 5.30. The lowest BCUT2D eigenvalue weighted by Gasteiger charge is -2.30. The number of hydrogen-bond donors (Lipinski definition) is 2. The predicted octanol–water partition coefficient (Wildman–Crippen LogP) is 6.95. The Labute approximate surface area is 207 Å². The van der Waals surface area contributed by atoms with E-state index in [1.165, 1.54) is 5.56 Å². The van der Waals surface area contributed by atoms with Crippen LogP contribution in [0.2, 0.25) is 5.02 Å². The maximum atomic E-state index is 13.2. The molecular weight excluding hydrogens is 442 g/mol. The Kier molecular flexibility index (Phi) is 6.63. The van der Waals surface area contributed by atoms with E-state index in [0.29, 0.717) is 12.0 Å². The largest absolute Gasteiger partial charge is 0.381 e. The summed E-state index contributed by atoms with van der Waals surface area (Å²) in [6.07, 6.45) is 9.12. The number of halogens is 1. The fraction of sp³-hybridized carbons (Fsp3) is 0.448. The van der Waals surface area contributed by atoms with Gasteiger partial charge in [-0.15, -0.1) is 0 Å². The number of carbonyl (C=O) groups is 1. The number of Topliss-reactive ketones (excluding diaryl/α,β-unsaturated/α-hetero) is 1. The molecule has 0 saturated heterocycles. The molecule has 2 aliphatic carbocycles. The maximum absolute atomic E-state index is 13.2. The van der Waals surface area contributed by atoms with Gasteiger partial charge < -0.3 is 11.1 Å². The molecule has 0 aliphatic heterocycles. The summed E-state index contributed by atoms with van der Waals surface area (Å²) in [7, 11) is 0. The number of fused-ring (bicyclic) bond motifs is 1. The van der Waals surface area contributed by atoms with Crippen molar-refractivity contribution in [3.05, 3.63) is 58.2 Å². The minimum absolute atomic E-state index is 0.152. The Morgan fingerprint density at radius 3 is 2.53 bits per heavy atom. The van der Waals surface area contributed by atoms with E-state index in [-0.39, 0.29) is 11.7 Å². The Morgan fingerprint density at radius 2 is 1.85 bits per heavy atom. The Hall–Kier alpha value is -2.43. The SMILES string of the molecule is CCc1cc(-c2ccc3ncc(C(=O)C4CC4)c(NC4CCC(CN)CC4)c3c2)cc(Cl)c1C. The van der Waals surface area contributed by atoms with Gasteiger partial charge in [-0.3, -0.25) is 9.78 Å². The second-order valence-electron chi connectivity index (χ2n) is 10.1. The van der Waals surface area contributed by atoms with Crippen LogP contribution in [0.3, 0.4) is 0 Å². The van der Waals surface area contributed by atoms with E-state index in [0.717, 1.165) is 95.4 Å². The van der Waals surface area contributed by atoms with Crippen molar-refractivity contribution < 1.29 is 4.79 Å². The first-order valence-electron chi connectivity index (χ1n) is 12.7. The van der Waals surface area contributed by atoms with Gasteiger partial charge in [-0.25, -0.2) is 0 Å². The number of ketones is 1. The number of pyridine rings is 1. The molecular formula is C29H34ClN3O. The first-order chi connectivity index (χ1) is 16.5. The van der Waals surface area contributed by atoms with E-state index in [1.54, 1.807) is 6.20 Å². The number of nitrogens with zero attached hydrogens (tertiary/aromatic N) is 1. The van der Waals surface area contributed by atoms with Crippen molar-refractivity contribution in [2.75, 3.05) is 11.9 Å². The second-order valence-corrected chi connectivity index (χ2v) is 10.5. The molecule has 0 amide bonds. The van der Waals surface area contributed by atoms with E-state index in [4.69, 9.17) is 17.3 Å². The van der Waals surface area contributed by atoms with Gasteiger partial charge in [0, 0.05) is 28.6 Å². The number of aryl methyl sites for hydroxylation is 1. The molecule has 3 N–H and O–H groups in total. The molecule has 1 heterocycles. The van der Waals surface area contributed by atoms with Crippen LogP contribution < -0.4 is 11.1 Å². The van der Waals surface area contributed by atoms with Crippen LogP contribution >= 0.6 is 11.6 Å². The van der Waals surface area contributed by atoms with Crippen LogP contribution in [0, 0.1) is 18.8 Å². The van der Waals surface area contributed by atoms with E-state index in [1.807, 2.05) is 6.07 Å². The molecule has 34 heavy (non-hydrogen) atoms. The van der Waals surface area contributed by atoms with E-state index >= 15 is 0 Å². The van der Waals surface area contributed by atoms with Gasteiger partial charge in [0.15, 0.2) is 5.78 Å². The molecule has 2 saturated carbocycles. The van der Waals surface area contributed by atoms with Gasteiger partial charge in [-0.2, -0.15) is 0 Å². The van der Waals surface area contributed by atoms with Crippen LogP contribution in [0.5, 0.6) is 0 Å². The van der Waals surface area contributed by atoms with Crippen molar-refractivity contribution in [3.63, 3.8) is 0 Å². The standard InChI is InChI=1S/C29H34ClN3O/c1-3-19-12-22(14-26(30)17(19)2)21-8-11-27-24(13-21)28(25(16-32-27)29(34)20-6-7-20)33-23-9-4-18(15-31)5-10-23/h8,11-14,16,18,20,23H,3-7,9-10,15,31H2,1-2H3,(H,32,33). The summed E-state index contributed by atoms with van der Waals surface area (Å²) in [5.41, 5.74) is 13.1. The zero-order chi connectivity index (χ0) is 23.8. The normalized spacial score (nSPS) is 20.5. The van der Waals surface area contributed by atoms with Gasteiger partial charge >= 0.3 is 0 Å². The lowest BCUT2D eigenvalue weighted by Crippen LogP contribution is -2.29. The first kappa shape index (κ1) is 23.3. The Morgan fingerprint density at radius 1 is 1.09 bits per heavy atom. The molecule has 5 rings (SSSR count). The molecule has 5 heteroatoms. The lowest BCUT2D eigenvalue weighted by atomic mass is 9.85. The third-order valence-corrected chi connectivity index (χ3v) is 8.17. The van der Waals surface area contributed by atoms with Gasteiger partial charge in [-0.05, 0) is 105 Å². The molecule has 0 radical (unpaired) electrons. The van der Waals surface area contributed by atoms with Crippen LogP contribution in [0.4, 0.5) is 5.69 Å². The minimum atomic E-state index is 0.152. The highest BCUT2D eigenvalue weighted by Gasteiger charge is 2.33. The molecule has 178 valence electrons. The molecule has 0 spiro atoms. The van der Waals surface area contributed by atoms with Crippen molar-refractivity contribution in [3.8, 4) is 11.1 Å². The van der Waals surface area contributed by atoms with Crippen LogP contribution in [0.25, 0.3) is 22.0 Å². The third-order valence-electron chi connectivity index (χ3n) is 7.78. The number of hydrogen-bond acceptors (Lipinski definition) is 4. The number of rotatable bonds is 7. The van der Waals surface area contributed by atoms with E-state index in [2.05, 4.69) is 48.4 Å². The van der Waals surface area contributed by atoms with Gasteiger partial charge in [-0.1, -0.05) is 30.7 Å². The second kappa shape index (κ2) is 9.67. The molecule has 0 atom stereocenters. The average Bonchev–Trinajstić information content (AvgIpc) is 3.71. The van der Waals surface area contributed by atoms with Crippen molar-refractivity contribution in [2.24, 2.45) is 17.6 Å². The molecule has 4 nitrogen and oxygen atoms in total. The summed E-state index contributed by atoms with van der Waals surface area (Å²) in [6, 6.07) is 11.0. The summed E-state index contributed by atoms with van der Waals surface area (Å²) < 4.78 is 0. The number of nitrogens with two attached hydrogens (primary N) is 1. The van der Waals surface area contributed by atoms with E-state index in [9.17, 15) is 4.79 Å². The molecule has 2 aliphatic rings. The number of aromatic nitrogens is 1. The van der Waals surface area contributed by atoms with Crippen molar-refractivity contribution in [1.82, 2.24) is 4.98 Å². The third kappa shape index (κ3) is 4.58. The number of carbonyl (C=O) groups excluding carboxylic acids is 1. The molecule has 1 aromatic heterocycles. The Bertz CT molecular complexity index is 1230. The number of nitrogens with one attached hydrogen (secondary N) is 1. The molecule has 0 unspecified atom stereocenters. The summed E-state index contributed by atoms with van der Waals surface area (Å²) >= 11 is 6.58. The quantitative estimate of drug-likeness (QED) is 0.363. The van der Waals surface area contributed by atoms with E-state index < -0.39 is 0 Å². The van der Waals surface area contributed by atoms with Gasteiger partial charge in [0.25, 0.3) is 0 Å². The van der Waals surface area contributed by atoms with Gasteiger partial charge in [0.05, 0.1) is 16.8 Å². The lowest BCUT2D eigenvalue weighted by molar-refractivity contribution is 0.0968. The highest BCUT2D eigenvalue weighted by atomic mass is 35.5. The smallest absolute Gasteiger partial charge is 0.169 e. The van der Waals surface area contributed by atoms with Crippen LogP contribution in [0.15, 0.2) is 36.5 Å². The van der Waals surface area contributed by atoms with Crippen molar-refractivity contribution >= 4 is 34.0 Å². The van der Waals surface area contributed by atoms with Gasteiger partial charge in [0.1, 0.15) is 0 Å². The van der Waals surface area contributed by atoms with Crippen LogP contribution in [-0.2, 0) is 6.42 Å². The first-order valence-corrected chi connectivity index (χ1v) is 13.1. The molecule has 2 fully saturated rings. The predicted molar refractivity (Wildman–Crippen MR) is 142 cm³/mol. The minimum Gasteiger partial charge on any atom is -0.381 e. The summed E-state index contributed by atoms with van der Waals surface area (Å²) in [5.74, 6) is 0.994. The highest BCUT2D eigenvalue weighted by molar-refractivity contribution is 6.31. The molecule has 2 aromatic carbocycles. The molecule has 0 bridgehead atoms. The maximum Gasteiger partial charge on any atom is 0.169 e. The number of benzene rings is 2. The number of anilines is 1. The highest BCUT2D eigenvalue weighted by Crippen LogP contribution is 2.39. The zero-order valence-electron chi connectivity index (χ0n) is 20.2. The van der Waals surface area contributed by atoms with Crippen LogP contribution in [0.1, 0.15) is 66.9 Å². The van der Waals surface area contributed by atoms with Crippen molar-refractivity contribution in [2.45, 2.75) is 64.8 Å². The van der Waals surface area contributed by atoms with Crippen LogP contribution in [-0.4, -0.2) is 23.4 Å². The molecule has 3 aromatic rings.